The molecular weight excluding hydrogens is 366 g/mol. The van der Waals surface area contributed by atoms with Gasteiger partial charge in [-0.3, -0.25) is 4.68 Å². The molecule has 1 fully saturated rings. The van der Waals surface area contributed by atoms with E-state index in [0.29, 0.717) is 12.5 Å². The van der Waals surface area contributed by atoms with E-state index in [4.69, 9.17) is 4.74 Å². The first-order chi connectivity index (χ1) is 14.1. The van der Waals surface area contributed by atoms with Crippen molar-refractivity contribution in [2.45, 2.75) is 32.6 Å². The number of carbonyl (C=O) groups excluding carboxylic acids is 1. The molecule has 0 atom stereocenters. The Kier molecular flexibility index (Phi) is 7.52. The Morgan fingerprint density at radius 2 is 1.93 bits per heavy atom. The predicted molar refractivity (Wildman–Crippen MR) is 115 cm³/mol. The van der Waals surface area contributed by atoms with Gasteiger partial charge in [0, 0.05) is 44.5 Å². The molecule has 7 nitrogen and oxygen atoms in total. The lowest BCUT2D eigenvalue weighted by Crippen LogP contribution is -2.40. The summed E-state index contributed by atoms with van der Waals surface area (Å²) in [6.07, 6.45) is 3.75. The second-order valence-corrected chi connectivity index (χ2v) is 7.44. The molecule has 2 heterocycles. The number of aromatic nitrogens is 2. The maximum Gasteiger partial charge on any atom is 0.321 e. The normalized spacial score (nSPS) is 15.0. The van der Waals surface area contributed by atoms with Crippen LogP contribution in [-0.2, 0) is 7.05 Å². The summed E-state index contributed by atoms with van der Waals surface area (Å²) in [4.78, 5) is 17.0. The average molecular weight is 400 g/mol. The smallest absolute Gasteiger partial charge is 0.321 e. The Bertz CT molecular complexity index is 779. The van der Waals surface area contributed by atoms with Crippen LogP contribution in [-0.4, -0.2) is 64.9 Å². The fraction of sp³-hybridized carbons (Fsp3) is 0.545. The van der Waals surface area contributed by atoms with Crippen molar-refractivity contribution in [3.05, 3.63) is 42.2 Å². The van der Waals surface area contributed by atoms with Crippen LogP contribution in [0.2, 0.25) is 0 Å². The van der Waals surface area contributed by atoms with E-state index >= 15 is 0 Å². The number of benzene rings is 1. The predicted octanol–water partition coefficient (Wildman–Crippen LogP) is 3.55. The van der Waals surface area contributed by atoms with Gasteiger partial charge in [-0.05, 0) is 44.1 Å². The van der Waals surface area contributed by atoms with Gasteiger partial charge in [0.25, 0.3) is 0 Å². The minimum absolute atomic E-state index is 0.0618. The molecule has 3 rings (SSSR count). The molecule has 2 aromatic rings. The van der Waals surface area contributed by atoms with Crippen molar-refractivity contribution in [1.82, 2.24) is 19.6 Å². The summed E-state index contributed by atoms with van der Waals surface area (Å²) in [6, 6.07) is 9.67. The number of amides is 2. The zero-order chi connectivity index (χ0) is 20.6. The first kappa shape index (κ1) is 21.2. The van der Waals surface area contributed by atoms with Crippen molar-refractivity contribution in [3.63, 3.8) is 0 Å². The van der Waals surface area contributed by atoms with Gasteiger partial charge in [0.05, 0.1) is 5.69 Å². The van der Waals surface area contributed by atoms with Crippen LogP contribution in [0.25, 0.3) is 0 Å². The molecule has 1 saturated heterocycles. The molecule has 2 amide bonds. The van der Waals surface area contributed by atoms with Gasteiger partial charge in [-0.15, -0.1) is 0 Å². The number of piperidine rings is 1. The van der Waals surface area contributed by atoms with Crippen molar-refractivity contribution in [3.8, 4) is 5.75 Å². The molecule has 1 aromatic heterocycles. The summed E-state index contributed by atoms with van der Waals surface area (Å²) < 4.78 is 7.89. The second-order valence-electron chi connectivity index (χ2n) is 7.44. The van der Waals surface area contributed by atoms with E-state index in [9.17, 15) is 4.79 Å². The standard InChI is InChI=1S/C22H33N5O2/c1-4-26(5-2)16-17-29-21-9-7-6-8-19(21)24-22(28)27-14-11-18(12-15-27)20-10-13-23-25(20)3/h6-10,13,18H,4-5,11-12,14-17H2,1-3H3,(H,24,28). The van der Waals surface area contributed by atoms with Crippen molar-refractivity contribution in [2.75, 3.05) is 44.6 Å². The molecule has 7 heteroatoms. The summed E-state index contributed by atoms with van der Waals surface area (Å²) in [5.41, 5.74) is 1.97. The summed E-state index contributed by atoms with van der Waals surface area (Å²) >= 11 is 0. The highest BCUT2D eigenvalue weighted by atomic mass is 16.5. The van der Waals surface area contributed by atoms with Crippen molar-refractivity contribution >= 4 is 11.7 Å². The zero-order valence-corrected chi connectivity index (χ0v) is 17.8. The van der Waals surface area contributed by atoms with Gasteiger partial charge in [-0.25, -0.2) is 4.79 Å². The molecule has 0 aliphatic carbocycles. The summed E-state index contributed by atoms with van der Waals surface area (Å²) in [6.45, 7) is 9.27. The fourth-order valence-corrected chi connectivity index (χ4v) is 3.88. The third kappa shape index (κ3) is 5.50. The minimum Gasteiger partial charge on any atom is -0.490 e. The molecule has 0 radical (unpaired) electrons. The van der Waals surface area contributed by atoms with E-state index in [1.54, 1.807) is 0 Å². The van der Waals surface area contributed by atoms with Crippen LogP contribution >= 0.6 is 0 Å². The van der Waals surface area contributed by atoms with Gasteiger partial charge in [0.2, 0.25) is 0 Å². The molecule has 0 saturated carbocycles. The molecule has 1 aliphatic rings. The summed E-state index contributed by atoms with van der Waals surface area (Å²) in [7, 11) is 1.98. The number of aryl methyl sites for hydroxylation is 1. The van der Waals surface area contributed by atoms with E-state index in [1.807, 2.05) is 47.1 Å². The number of likely N-dealkylation sites (tertiary alicyclic amines) is 1. The van der Waals surface area contributed by atoms with Gasteiger partial charge < -0.3 is 19.9 Å². The lowest BCUT2D eigenvalue weighted by Gasteiger charge is -2.32. The molecule has 0 bridgehead atoms. The van der Waals surface area contributed by atoms with Gasteiger partial charge >= 0.3 is 6.03 Å². The number of carbonyl (C=O) groups is 1. The Hall–Kier alpha value is -2.54. The van der Waals surface area contributed by atoms with Gasteiger partial charge in [0.15, 0.2) is 0 Å². The van der Waals surface area contributed by atoms with E-state index in [-0.39, 0.29) is 6.03 Å². The van der Waals surface area contributed by atoms with Crippen LogP contribution < -0.4 is 10.1 Å². The number of urea groups is 1. The van der Waals surface area contributed by atoms with Gasteiger partial charge in [0.1, 0.15) is 12.4 Å². The highest BCUT2D eigenvalue weighted by Crippen LogP contribution is 2.29. The topological polar surface area (TPSA) is 62.6 Å². The number of anilines is 1. The van der Waals surface area contributed by atoms with Crippen LogP contribution in [0.4, 0.5) is 10.5 Å². The number of hydrogen-bond acceptors (Lipinski definition) is 4. The number of hydrogen-bond donors (Lipinski definition) is 1. The highest BCUT2D eigenvalue weighted by molar-refractivity contribution is 5.91. The first-order valence-electron chi connectivity index (χ1n) is 10.6. The van der Waals surface area contributed by atoms with E-state index in [0.717, 1.165) is 57.0 Å². The third-order valence-electron chi connectivity index (χ3n) is 5.75. The van der Waals surface area contributed by atoms with Crippen molar-refractivity contribution in [1.29, 1.82) is 0 Å². The van der Waals surface area contributed by atoms with Gasteiger partial charge in [-0.1, -0.05) is 26.0 Å². The fourth-order valence-electron chi connectivity index (χ4n) is 3.88. The largest absolute Gasteiger partial charge is 0.490 e. The molecule has 1 aromatic carbocycles. The minimum atomic E-state index is -0.0618. The highest BCUT2D eigenvalue weighted by Gasteiger charge is 2.25. The molecular formula is C22H33N5O2. The van der Waals surface area contributed by atoms with Gasteiger partial charge in [-0.2, -0.15) is 5.10 Å². The molecule has 0 spiro atoms. The number of nitrogens with zero attached hydrogens (tertiary/aromatic N) is 4. The van der Waals surface area contributed by atoms with E-state index in [2.05, 4.69) is 35.2 Å². The molecule has 1 N–H and O–H groups in total. The molecule has 158 valence electrons. The summed E-state index contributed by atoms with van der Waals surface area (Å²) in [5.74, 6) is 1.18. The van der Waals surface area contributed by atoms with Crippen LogP contribution in [0.1, 0.15) is 38.3 Å². The number of rotatable bonds is 8. The monoisotopic (exact) mass is 399 g/mol. The number of ether oxygens (including phenoxy) is 1. The molecule has 29 heavy (non-hydrogen) atoms. The third-order valence-corrected chi connectivity index (χ3v) is 5.75. The van der Waals surface area contributed by atoms with Crippen LogP contribution in [0.3, 0.4) is 0 Å². The maximum absolute atomic E-state index is 12.8. The SMILES string of the molecule is CCN(CC)CCOc1ccccc1NC(=O)N1CCC(c2ccnn2C)CC1. The van der Waals surface area contributed by atoms with Crippen molar-refractivity contribution in [2.24, 2.45) is 7.05 Å². The van der Waals surface area contributed by atoms with Crippen molar-refractivity contribution < 1.29 is 9.53 Å². The van der Waals surface area contributed by atoms with Crippen LogP contribution in [0.5, 0.6) is 5.75 Å². The Morgan fingerprint density at radius 3 is 2.59 bits per heavy atom. The Morgan fingerprint density at radius 1 is 1.21 bits per heavy atom. The second kappa shape index (κ2) is 10.3. The lowest BCUT2D eigenvalue weighted by molar-refractivity contribution is 0.193. The number of nitrogens with one attached hydrogen (secondary N) is 1. The van der Waals surface area contributed by atoms with E-state index < -0.39 is 0 Å². The van der Waals surface area contributed by atoms with Crippen LogP contribution in [0, 0.1) is 0 Å². The maximum atomic E-state index is 12.8. The number of para-hydroxylation sites is 2. The zero-order valence-electron chi connectivity index (χ0n) is 17.8. The first-order valence-corrected chi connectivity index (χ1v) is 10.6. The average Bonchev–Trinajstić information content (AvgIpc) is 3.18. The lowest BCUT2D eigenvalue weighted by atomic mass is 9.93. The Labute approximate surface area is 173 Å². The van der Waals surface area contributed by atoms with Crippen LogP contribution in [0.15, 0.2) is 36.5 Å². The van der Waals surface area contributed by atoms with E-state index in [1.165, 1.54) is 5.69 Å². The Balaban J connectivity index is 1.52. The number of likely N-dealkylation sites (N-methyl/N-ethyl adjacent to an activating group) is 1. The summed E-state index contributed by atoms with van der Waals surface area (Å²) in [5, 5.41) is 7.30. The quantitative estimate of drug-likeness (QED) is 0.737. The molecule has 0 unspecified atom stereocenters. The molecule has 1 aliphatic heterocycles.